The average molecular weight is 307 g/mol. The minimum absolute atomic E-state index is 0.761. The zero-order valence-corrected chi connectivity index (χ0v) is 13.6. The van der Waals surface area contributed by atoms with Crippen LogP contribution in [0.5, 0.6) is 0 Å². The van der Waals surface area contributed by atoms with E-state index in [0.29, 0.717) is 0 Å². The van der Waals surface area contributed by atoms with E-state index >= 15 is 0 Å². The Bertz CT molecular complexity index is 579. The summed E-state index contributed by atoms with van der Waals surface area (Å²) >= 11 is 7.80. The van der Waals surface area contributed by atoms with Gasteiger partial charge < -0.3 is 5.32 Å². The number of halogens is 1. The summed E-state index contributed by atoms with van der Waals surface area (Å²) in [7, 11) is 0. The second kappa shape index (κ2) is 7.11. The number of nitrogens with zero attached hydrogens (tertiary/aromatic N) is 1. The van der Waals surface area contributed by atoms with Crippen molar-refractivity contribution in [1.29, 1.82) is 0 Å². The van der Waals surface area contributed by atoms with Crippen LogP contribution in [-0.2, 0) is 6.54 Å². The number of aryl methyl sites for hydroxylation is 2. The van der Waals surface area contributed by atoms with Crippen LogP contribution in [0.1, 0.15) is 23.7 Å². The number of nitrogens with one attached hydrogen (secondary N) is 1. The molecule has 2 rings (SSSR count). The van der Waals surface area contributed by atoms with E-state index in [1.54, 1.807) is 11.8 Å². The predicted molar refractivity (Wildman–Crippen MR) is 86.7 cm³/mol. The molecule has 0 fully saturated rings. The van der Waals surface area contributed by atoms with E-state index in [9.17, 15) is 0 Å². The molecule has 0 radical (unpaired) electrons. The third-order valence-corrected chi connectivity index (χ3v) is 4.14. The van der Waals surface area contributed by atoms with Crippen molar-refractivity contribution in [2.45, 2.75) is 37.2 Å². The van der Waals surface area contributed by atoms with Crippen LogP contribution in [0.15, 0.2) is 40.3 Å². The van der Waals surface area contributed by atoms with Crippen molar-refractivity contribution in [3.05, 3.63) is 52.2 Å². The number of pyridine rings is 1. The smallest absolute Gasteiger partial charge is 0.101 e. The third-order valence-electron chi connectivity index (χ3n) is 2.88. The molecule has 1 aromatic carbocycles. The number of hydrogen-bond donors (Lipinski definition) is 1. The van der Waals surface area contributed by atoms with E-state index in [1.807, 2.05) is 19.1 Å². The highest BCUT2D eigenvalue weighted by atomic mass is 35.5. The summed E-state index contributed by atoms with van der Waals surface area (Å²) in [5, 5.41) is 5.13. The molecule has 2 nitrogen and oxygen atoms in total. The standard InChI is InChI=1S/C16H19ClN2S/c1-4-18-10-13-5-6-14(17)9-15(13)20-16-8-11(2)7-12(3)19-16/h5-9,18H,4,10H2,1-3H3. The molecular formula is C16H19ClN2S. The van der Waals surface area contributed by atoms with Crippen LogP contribution >= 0.6 is 23.4 Å². The summed E-state index contributed by atoms with van der Waals surface area (Å²) in [6.45, 7) is 8.02. The summed E-state index contributed by atoms with van der Waals surface area (Å²) in [6.07, 6.45) is 0. The quantitative estimate of drug-likeness (QED) is 0.873. The van der Waals surface area contributed by atoms with Crippen molar-refractivity contribution < 1.29 is 0 Å². The molecule has 1 N–H and O–H groups in total. The number of benzene rings is 1. The van der Waals surface area contributed by atoms with Crippen molar-refractivity contribution in [2.75, 3.05) is 6.54 Å². The van der Waals surface area contributed by atoms with E-state index in [4.69, 9.17) is 11.6 Å². The van der Waals surface area contributed by atoms with Crippen LogP contribution in [0.2, 0.25) is 5.02 Å². The maximum Gasteiger partial charge on any atom is 0.101 e. The zero-order chi connectivity index (χ0) is 14.5. The van der Waals surface area contributed by atoms with Gasteiger partial charge in [-0.05, 0) is 55.8 Å². The maximum atomic E-state index is 6.13. The van der Waals surface area contributed by atoms with Gasteiger partial charge in [0.25, 0.3) is 0 Å². The second-order valence-corrected chi connectivity index (χ2v) is 6.26. The molecule has 1 aromatic heterocycles. The highest BCUT2D eigenvalue weighted by Crippen LogP contribution is 2.32. The van der Waals surface area contributed by atoms with E-state index in [1.165, 1.54) is 11.1 Å². The first-order valence-corrected chi connectivity index (χ1v) is 7.90. The Morgan fingerprint density at radius 1 is 1.20 bits per heavy atom. The van der Waals surface area contributed by atoms with Gasteiger partial charge in [-0.25, -0.2) is 4.98 Å². The molecule has 0 aliphatic heterocycles. The monoisotopic (exact) mass is 306 g/mol. The van der Waals surface area contributed by atoms with Gasteiger partial charge in [-0.3, -0.25) is 0 Å². The van der Waals surface area contributed by atoms with Gasteiger partial charge in [-0.15, -0.1) is 0 Å². The minimum Gasteiger partial charge on any atom is -0.313 e. The number of hydrogen-bond acceptors (Lipinski definition) is 3. The van der Waals surface area contributed by atoms with E-state index in [-0.39, 0.29) is 0 Å². The van der Waals surface area contributed by atoms with Crippen molar-refractivity contribution in [1.82, 2.24) is 10.3 Å². The van der Waals surface area contributed by atoms with Gasteiger partial charge in [-0.1, -0.05) is 36.4 Å². The van der Waals surface area contributed by atoms with Gasteiger partial charge in [0, 0.05) is 22.2 Å². The fourth-order valence-electron chi connectivity index (χ4n) is 2.00. The lowest BCUT2D eigenvalue weighted by atomic mass is 10.2. The topological polar surface area (TPSA) is 24.9 Å². The Morgan fingerprint density at radius 2 is 2.00 bits per heavy atom. The molecule has 0 unspecified atom stereocenters. The molecule has 0 saturated heterocycles. The fourth-order valence-corrected chi connectivity index (χ4v) is 3.35. The molecule has 20 heavy (non-hydrogen) atoms. The average Bonchev–Trinajstić information content (AvgIpc) is 2.36. The molecule has 0 bridgehead atoms. The highest BCUT2D eigenvalue weighted by molar-refractivity contribution is 7.99. The Kier molecular flexibility index (Phi) is 5.46. The van der Waals surface area contributed by atoms with Crippen molar-refractivity contribution in [3.8, 4) is 0 Å². The summed E-state index contributed by atoms with van der Waals surface area (Å²) in [5.41, 5.74) is 3.53. The molecule has 0 spiro atoms. The first-order valence-electron chi connectivity index (χ1n) is 6.70. The van der Waals surface area contributed by atoms with Crippen molar-refractivity contribution in [3.63, 3.8) is 0 Å². The van der Waals surface area contributed by atoms with Gasteiger partial charge in [0.2, 0.25) is 0 Å². The second-order valence-electron chi connectivity index (χ2n) is 4.76. The van der Waals surface area contributed by atoms with Crippen LogP contribution in [0.3, 0.4) is 0 Å². The Labute approximate surface area is 130 Å². The molecule has 106 valence electrons. The van der Waals surface area contributed by atoms with Gasteiger partial charge in [-0.2, -0.15) is 0 Å². The molecule has 2 aromatic rings. The van der Waals surface area contributed by atoms with Gasteiger partial charge in [0.05, 0.1) is 0 Å². The van der Waals surface area contributed by atoms with Crippen LogP contribution in [0, 0.1) is 13.8 Å². The molecule has 0 aliphatic carbocycles. The van der Waals surface area contributed by atoms with Crippen LogP contribution in [0.25, 0.3) is 0 Å². The Morgan fingerprint density at radius 3 is 2.70 bits per heavy atom. The summed E-state index contributed by atoms with van der Waals surface area (Å²) in [6, 6.07) is 10.2. The maximum absolute atomic E-state index is 6.13. The third kappa shape index (κ3) is 4.23. The summed E-state index contributed by atoms with van der Waals surface area (Å²) in [5.74, 6) is 0. The normalized spacial score (nSPS) is 10.8. The molecule has 0 amide bonds. The van der Waals surface area contributed by atoms with Gasteiger partial charge in [0.15, 0.2) is 0 Å². The van der Waals surface area contributed by atoms with Gasteiger partial charge >= 0.3 is 0 Å². The van der Waals surface area contributed by atoms with Crippen LogP contribution in [-0.4, -0.2) is 11.5 Å². The SMILES string of the molecule is CCNCc1ccc(Cl)cc1Sc1cc(C)cc(C)n1. The van der Waals surface area contributed by atoms with Crippen molar-refractivity contribution >= 4 is 23.4 Å². The number of rotatable bonds is 5. The summed E-state index contributed by atoms with van der Waals surface area (Å²) in [4.78, 5) is 5.74. The summed E-state index contributed by atoms with van der Waals surface area (Å²) < 4.78 is 0. The molecule has 0 saturated carbocycles. The van der Waals surface area contributed by atoms with Crippen LogP contribution < -0.4 is 5.32 Å². The first kappa shape index (κ1) is 15.4. The largest absolute Gasteiger partial charge is 0.313 e. The van der Waals surface area contributed by atoms with E-state index in [0.717, 1.165) is 33.7 Å². The first-order chi connectivity index (χ1) is 9.58. The molecule has 0 atom stereocenters. The Hall–Kier alpha value is -1.03. The molecule has 0 aliphatic rings. The van der Waals surface area contributed by atoms with Gasteiger partial charge in [0.1, 0.15) is 5.03 Å². The molecular weight excluding hydrogens is 288 g/mol. The fraction of sp³-hybridized carbons (Fsp3) is 0.312. The molecule has 1 heterocycles. The van der Waals surface area contributed by atoms with E-state index in [2.05, 4.69) is 42.3 Å². The van der Waals surface area contributed by atoms with Crippen molar-refractivity contribution in [2.24, 2.45) is 0 Å². The lowest BCUT2D eigenvalue weighted by Gasteiger charge is -2.10. The predicted octanol–water partition coefficient (Wildman–Crippen LogP) is 4.61. The highest BCUT2D eigenvalue weighted by Gasteiger charge is 2.07. The zero-order valence-electron chi connectivity index (χ0n) is 12.0. The lowest BCUT2D eigenvalue weighted by Crippen LogP contribution is -2.12. The van der Waals surface area contributed by atoms with Crippen LogP contribution in [0.4, 0.5) is 0 Å². The molecule has 4 heteroatoms. The minimum atomic E-state index is 0.761. The van der Waals surface area contributed by atoms with E-state index < -0.39 is 0 Å². The number of aromatic nitrogens is 1. The Balaban J connectivity index is 2.28. The lowest BCUT2D eigenvalue weighted by molar-refractivity contribution is 0.718.